The lowest BCUT2D eigenvalue weighted by Gasteiger charge is -2.25. The number of carbonyl (C=O) groups is 2. The molecule has 1 amide bonds. The van der Waals surface area contributed by atoms with Crippen LogP contribution in [0.25, 0.3) is 0 Å². The van der Waals surface area contributed by atoms with Gasteiger partial charge in [-0.25, -0.2) is 4.79 Å². The average Bonchev–Trinajstić information content (AvgIpc) is 2.22. The molecule has 5 nitrogen and oxygen atoms in total. The highest BCUT2D eigenvalue weighted by Crippen LogP contribution is 2.19. The molecule has 5 heteroatoms. The number of methoxy groups -OCH3 is 1. The first-order valence-corrected chi connectivity index (χ1v) is 4.81. The van der Waals surface area contributed by atoms with E-state index in [9.17, 15) is 9.59 Å². The van der Waals surface area contributed by atoms with Crippen molar-refractivity contribution in [3.8, 4) is 0 Å². The normalized spacial score (nSPS) is 16.7. The second-order valence-electron chi connectivity index (χ2n) is 3.21. The van der Waals surface area contributed by atoms with Gasteiger partial charge in [-0.1, -0.05) is 0 Å². The summed E-state index contributed by atoms with van der Waals surface area (Å²) in [5.74, 6) is -0.634. The highest BCUT2D eigenvalue weighted by Gasteiger charge is 2.30. The van der Waals surface area contributed by atoms with Gasteiger partial charge in [-0.15, -0.1) is 0 Å². The maximum atomic E-state index is 11.6. The second kappa shape index (κ2) is 4.82. The van der Waals surface area contributed by atoms with E-state index >= 15 is 0 Å². The number of rotatable bonds is 3. The van der Waals surface area contributed by atoms with Crippen molar-refractivity contribution in [2.24, 2.45) is 0 Å². The van der Waals surface area contributed by atoms with E-state index in [1.807, 2.05) is 0 Å². The lowest BCUT2D eigenvalue weighted by atomic mass is 10.1. The molecule has 1 aliphatic heterocycles. The zero-order valence-corrected chi connectivity index (χ0v) is 9.20. The van der Waals surface area contributed by atoms with Gasteiger partial charge >= 0.3 is 5.97 Å². The number of hydrogen-bond acceptors (Lipinski definition) is 4. The number of hydrogen-bond donors (Lipinski definition) is 0. The van der Waals surface area contributed by atoms with Crippen molar-refractivity contribution in [2.45, 2.75) is 13.3 Å². The van der Waals surface area contributed by atoms with Gasteiger partial charge in [0.05, 0.1) is 19.3 Å². The van der Waals surface area contributed by atoms with E-state index in [4.69, 9.17) is 9.47 Å². The van der Waals surface area contributed by atoms with Gasteiger partial charge in [0.2, 0.25) is 0 Å². The van der Waals surface area contributed by atoms with Crippen LogP contribution in [0.4, 0.5) is 0 Å². The van der Waals surface area contributed by atoms with Crippen LogP contribution < -0.4 is 0 Å². The minimum atomic E-state index is -0.462. The third-order valence-corrected chi connectivity index (χ3v) is 2.24. The molecule has 0 aromatic heterocycles. The molecule has 15 heavy (non-hydrogen) atoms. The van der Waals surface area contributed by atoms with Crippen molar-refractivity contribution < 1.29 is 19.1 Å². The van der Waals surface area contributed by atoms with Gasteiger partial charge in [-0.3, -0.25) is 4.79 Å². The largest absolute Gasteiger partial charge is 0.491 e. The molecular formula is C10H15NO4. The molecule has 0 radical (unpaired) electrons. The number of amides is 1. The topological polar surface area (TPSA) is 55.8 Å². The van der Waals surface area contributed by atoms with Crippen LogP contribution in [-0.2, 0) is 19.1 Å². The highest BCUT2D eigenvalue weighted by atomic mass is 16.5. The van der Waals surface area contributed by atoms with Crippen LogP contribution in [0, 0.1) is 0 Å². The Morgan fingerprint density at radius 2 is 2.20 bits per heavy atom. The highest BCUT2D eigenvalue weighted by molar-refractivity contribution is 6.02. The summed E-state index contributed by atoms with van der Waals surface area (Å²) in [6.07, 6.45) is 0.476. The summed E-state index contributed by atoms with van der Waals surface area (Å²) in [6.45, 7) is 2.53. The number of ether oxygens (including phenoxy) is 2. The Hall–Kier alpha value is -1.52. The molecule has 84 valence electrons. The van der Waals surface area contributed by atoms with Gasteiger partial charge in [0.1, 0.15) is 0 Å². The minimum Gasteiger partial charge on any atom is -0.491 e. The van der Waals surface area contributed by atoms with E-state index < -0.39 is 5.97 Å². The molecule has 0 aromatic carbocycles. The minimum absolute atomic E-state index is 0.0993. The smallest absolute Gasteiger partial charge is 0.338 e. The van der Waals surface area contributed by atoms with Crippen LogP contribution >= 0.6 is 0 Å². The summed E-state index contributed by atoms with van der Waals surface area (Å²) < 4.78 is 9.79. The van der Waals surface area contributed by atoms with E-state index in [-0.39, 0.29) is 11.7 Å². The van der Waals surface area contributed by atoms with E-state index in [2.05, 4.69) is 0 Å². The standard InChI is InChI=1S/C10H15NO4/c1-4-15-10(13)7-5-6-11(2)9(12)8(7)14-3/h4-6H2,1-3H3. The zero-order valence-electron chi connectivity index (χ0n) is 9.20. The van der Waals surface area contributed by atoms with E-state index in [0.717, 1.165) is 0 Å². The van der Waals surface area contributed by atoms with Crippen molar-refractivity contribution in [3.05, 3.63) is 11.3 Å². The van der Waals surface area contributed by atoms with Gasteiger partial charge in [-0.2, -0.15) is 0 Å². The summed E-state index contributed by atoms with van der Waals surface area (Å²) in [6, 6.07) is 0. The third-order valence-electron chi connectivity index (χ3n) is 2.24. The van der Waals surface area contributed by atoms with Gasteiger partial charge in [0.25, 0.3) is 5.91 Å². The summed E-state index contributed by atoms with van der Waals surface area (Å²) in [7, 11) is 3.05. The van der Waals surface area contributed by atoms with Crippen molar-refractivity contribution in [1.29, 1.82) is 0 Å². The summed E-state index contributed by atoms with van der Waals surface area (Å²) >= 11 is 0. The Morgan fingerprint density at radius 3 is 2.73 bits per heavy atom. The van der Waals surface area contributed by atoms with Gasteiger partial charge < -0.3 is 14.4 Å². The zero-order chi connectivity index (χ0) is 11.4. The van der Waals surface area contributed by atoms with Crippen LogP contribution in [0.1, 0.15) is 13.3 Å². The number of carbonyl (C=O) groups excluding carboxylic acids is 2. The van der Waals surface area contributed by atoms with Crippen LogP contribution in [0.3, 0.4) is 0 Å². The molecule has 0 N–H and O–H groups in total. The first kappa shape index (κ1) is 11.6. The molecule has 0 spiro atoms. The van der Waals surface area contributed by atoms with Crippen LogP contribution in [-0.4, -0.2) is 44.1 Å². The lowest BCUT2D eigenvalue weighted by Crippen LogP contribution is -2.36. The average molecular weight is 213 g/mol. The Kier molecular flexibility index (Phi) is 3.71. The third kappa shape index (κ3) is 2.29. The summed E-state index contributed by atoms with van der Waals surface area (Å²) in [4.78, 5) is 24.6. The van der Waals surface area contributed by atoms with Crippen molar-refractivity contribution >= 4 is 11.9 Å². The van der Waals surface area contributed by atoms with E-state index in [0.29, 0.717) is 25.1 Å². The Bertz CT molecular complexity index is 309. The predicted octanol–water partition coefficient (Wildman–Crippen LogP) is 0.312. The number of nitrogens with zero attached hydrogens (tertiary/aromatic N) is 1. The van der Waals surface area contributed by atoms with Crippen molar-refractivity contribution in [1.82, 2.24) is 4.90 Å². The van der Waals surface area contributed by atoms with Crippen LogP contribution in [0.2, 0.25) is 0 Å². The molecule has 1 aliphatic rings. The summed E-state index contributed by atoms with van der Waals surface area (Å²) in [5.41, 5.74) is 0.336. The quantitative estimate of drug-likeness (QED) is 0.633. The monoisotopic (exact) mass is 213 g/mol. The molecule has 0 unspecified atom stereocenters. The van der Waals surface area contributed by atoms with E-state index in [1.54, 1.807) is 14.0 Å². The second-order valence-corrected chi connectivity index (χ2v) is 3.21. The fourth-order valence-corrected chi connectivity index (χ4v) is 1.42. The molecular weight excluding hydrogens is 198 g/mol. The molecule has 0 saturated heterocycles. The lowest BCUT2D eigenvalue weighted by molar-refractivity contribution is -0.141. The molecule has 0 bridgehead atoms. The van der Waals surface area contributed by atoms with Crippen molar-refractivity contribution in [3.63, 3.8) is 0 Å². The fourth-order valence-electron chi connectivity index (χ4n) is 1.42. The molecule has 1 heterocycles. The van der Waals surface area contributed by atoms with E-state index in [1.165, 1.54) is 12.0 Å². The van der Waals surface area contributed by atoms with Gasteiger partial charge in [0.15, 0.2) is 5.76 Å². The molecule has 1 rings (SSSR count). The molecule has 0 atom stereocenters. The van der Waals surface area contributed by atoms with Gasteiger partial charge in [-0.05, 0) is 6.92 Å². The molecule has 0 saturated carbocycles. The van der Waals surface area contributed by atoms with Crippen molar-refractivity contribution in [2.75, 3.05) is 27.3 Å². The Morgan fingerprint density at radius 1 is 1.53 bits per heavy atom. The Labute approximate surface area is 88.6 Å². The van der Waals surface area contributed by atoms with Crippen LogP contribution in [0.15, 0.2) is 11.3 Å². The maximum absolute atomic E-state index is 11.6. The van der Waals surface area contributed by atoms with Crippen LogP contribution in [0.5, 0.6) is 0 Å². The molecule has 0 aromatic rings. The number of esters is 1. The fraction of sp³-hybridized carbons (Fsp3) is 0.600. The Balaban J connectivity index is 2.96. The maximum Gasteiger partial charge on any atom is 0.338 e. The molecule has 0 aliphatic carbocycles. The first-order valence-electron chi connectivity index (χ1n) is 4.81. The summed E-state index contributed by atoms with van der Waals surface area (Å²) in [5, 5.41) is 0. The SMILES string of the molecule is CCOC(=O)C1=C(OC)C(=O)N(C)CC1. The van der Waals surface area contributed by atoms with Gasteiger partial charge in [0, 0.05) is 20.0 Å². The molecule has 0 fully saturated rings. The number of likely N-dealkylation sites (N-methyl/N-ethyl adjacent to an activating group) is 1. The first-order chi connectivity index (χ1) is 7.11. The predicted molar refractivity (Wildman–Crippen MR) is 52.9 cm³/mol.